The molecule has 0 spiro atoms. The highest BCUT2D eigenvalue weighted by Crippen LogP contribution is 2.37. The lowest BCUT2D eigenvalue weighted by molar-refractivity contribution is -0.141. The highest BCUT2D eigenvalue weighted by atomic mass is 19.4. The summed E-state index contributed by atoms with van der Waals surface area (Å²) in [5.74, 6) is 0.856. The average Bonchev–Trinajstić information content (AvgIpc) is 3.14. The van der Waals surface area contributed by atoms with E-state index in [2.05, 4.69) is 20.0 Å². The molecule has 2 aromatic heterocycles. The number of piperidine rings is 1. The Bertz CT molecular complexity index is 1160. The zero-order valence-corrected chi connectivity index (χ0v) is 16.9. The molecule has 0 N–H and O–H groups in total. The standard InChI is InChI=1S/C21H19F3N6O2/c22-21(23,24)11-29-19-17(8-26-29)20(30-15-2-1-3-16(30)10-32-9-15)28-18(27-19)13-4-6-14(7-5-13)25-12-31/h4-8,15-16H,1-3,9-11H2. The number of isocyanates is 1. The SMILES string of the molecule is O=C=Nc1ccc(-c2nc(N3C4CCCC3COC4)c3cnn(CC(F)(F)F)c3n2)cc1. The highest BCUT2D eigenvalue weighted by Gasteiger charge is 2.37. The quantitative estimate of drug-likeness (QED) is 0.450. The largest absolute Gasteiger partial charge is 0.408 e. The van der Waals surface area contributed by atoms with Gasteiger partial charge in [0.2, 0.25) is 6.08 Å². The van der Waals surface area contributed by atoms with Crippen LogP contribution in [0.2, 0.25) is 0 Å². The maximum atomic E-state index is 13.2. The van der Waals surface area contributed by atoms with E-state index < -0.39 is 12.7 Å². The van der Waals surface area contributed by atoms with Crippen molar-refractivity contribution in [2.24, 2.45) is 4.99 Å². The molecule has 1 aromatic carbocycles. The zero-order valence-electron chi connectivity index (χ0n) is 16.9. The van der Waals surface area contributed by atoms with Gasteiger partial charge in [-0.15, -0.1) is 0 Å². The van der Waals surface area contributed by atoms with Crippen molar-refractivity contribution in [3.05, 3.63) is 30.5 Å². The second-order valence-electron chi connectivity index (χ2n) is 7.96. The van der Waals surface area contributed by atoms with Crippen LogP contribution in [-0.2, 0) is 16.1 Å². The minimum absolute atomic E-state index is 0.101. The summed E-state index contributed by atoms with van der Waals surface area (Å²) in [5, 5.41) is 4.47. The summed E-state index contributed by atoms with van der Waals surface area (Å²) in [6.07, 6.45) is 1.37. The molecule has 2 aliphatic rings. The Morgan fingerprint density at radius 1 is 1.12 bits per heavy atom. The Kier molecular flexibility index (Phi) is 5.15. The average molecular weight is 444 g/mol. The topological polar surface area (TPSA) is 85.5 Å². The number of morpholine rings is 1. The van der Waals surface area contributed by atoms with Crippen LogP contribution in [-0.4, -0.2) is 57.3 Å². The van der Waals surface area contributed by atoms with Crippen LogP contribution in [0.15, 0.2) is 35.5 Å². The number of alkyl halides is 3. The molecule has 2 fully saturated rings. The molecule has 0 radical (unpaired) electrons. The van der Waals surface area contributed by atoms with Gasteiger partial charge in [0.1, 0.15) is 12.4 Å². The van der Waals surface area contributed by atoms with Crippen LogP contribution in [0.1, 0.15) is 19.3 Å². The van der Waals surface area contributed by atoms with Gasteiger partial charge in [-0.1, -0.05) is 0 Å². The van der Waals surface area contributed by atoms with Crippen LogP contribution in [0, 0.1) is 0 Å². The van der Waals surface area contributed by atoms with Crippen molar-refractivity contribution in [3.63, 3.8) is 0 Å². The molecule has 2 saturated heterocycles. The van der Waals surface area contributed by atoms with Gasteiger partial charge in [0, 0.05) is 5.56 Å². The molecule has 2 unspecified atom stereocenters. The second-order valence-corrected chi connectivity index (χ2v) is 7.96. The van der Waals surface area contributed by atoms with Crippen molar-refractivity contribution in [1.29, 1.82) is 0 Å². The van der Waals surface area contributed by atoms with Gasteiger partial charge in [-0.2, -0.15) is 23.3 Å². The van der Waals surface area contributed by atoms with Crippen LogP contribution in [0.3, 0.4) is 0 Å². The lowest BCUT2D eigenvalue weighted by Crippen LogP contribution is -2.55. The lowest BCUT2D eigenvalue weighted by atomic mass is 9.94. The number of hydrogen-bond acceptors (Lipinski definition) is 7. The molecule has 2 aliphatic heterocycles. The van der Waals surface area contributed by atoms with Gasteiger partial charge in [0.05, 0.1) is 42.6 Å². The first-order valence-corrected chi connectivity index (χ1v) is 10.3. The highest BCUT2D eigenvalue weighted by molar-refractivity contribution is 5.89. The Balaban J connectivity index is 1.67. The fourth-order valence-electron chi connectivity index (χ4n) is 4.47. The third kappa shape index (κ3) is 3.85. The summed E-state index contributed by atoms with van der Waals surface area (Å²) in [5.41, 5.74) is 1.13. The van der Waals surface area contributed by atoms with E-state index in [1.54, 1.807) is 24.3 Å². The predicted molar refractivity (Wildman–Crippen MR) is 109 cm³/mol. The minimum Gasteiger partial charge on any atom is -0.377 e. The van der Waals surface area contributed by atoms with Gasteiger partial charge in [0.15, 0.2) is 11.5 Å². The molecule has 8 nitrogen and oxygen atoms in total. The van der Waals surface area contributed by atoms with E-state index in [0.29, 0.717) is 35.7 Å². The summed E-state index contributed by atoms with van der Waals surface area (Å²) < 4.78 is 46.1. The van der Waals surface area contributed by atoms with Crippen LogP contribution in [0.5, 0.6) is 0 Å². The van der Waals surface area contributed by atoms with E-state index in [1.165, 1.54) is 12.3 Å². The van der Waals surface area contributed by atoms with E-state index in [1.807, 2.05) is 0 Å². The summed E-state index contributed by atoms with van der Waals surface area (Å²) in [7, 11) is 0. The molecule has 166 valence electrons. The number of nitrogens with zero attached hydrogens (tertiary/aromatic N) is 6. The molecular formula is C21H19F3N6O2. The first kappa shape index (κ1) is 20.6. The number of rotatable bonds is 4. The molecule has 11 heteroatoms. The summed E-state index contributed by atoms with van der Waals surface area (Å²) in [6, 6.07) is 6.75. The molecule has 3 aromatic rings. The Morgan fingerprint density at radius 2 is 1.84 bits per heavy atom. The van der Waals surface area contributed by atoms with Crippen molar-refractivity contribution >= 4 is 28.6 Å². The summed E-state index contributed by atoms with van der Waals surface area (Å²) >= 11 is 0. The maximum absolute atomic E-state index is 13.2. The molecule has 0 aliphatic carbocycles. The zero-order chi connectivity index (χ0) is 22.3. The van der Waals surface area contributed by atoms with Crippen molar-refractivity contribution in [2.75, 3.05) is 18.1 Å². The monoisotopic (exact) mass is 444 g/mol. The number of benzene rings is 1. The first-order chi connectivity index (χ1) is 15.4. The van der Waals surface area contributed by atoms with Gasteiger partial charge >= 0.3 is 6.18 Å². The first-order valence-electron chi connectivity index (χ1n) is 10.3. The summed E-state index contributed by atoms with van der Waals surface area (Å²) in [4.78, 5) is 25.4. The van der Waals surface area contributed by atoms with Crippen molar-refractivity contribution in [2.45, 2.75) is 44.1 Å². The van der Waals surface area contributed by atoms with Crippen LogP contribution in [0.4, 0.5) is 24.7 Å². The molecule has 5 rings (SSSR count). The van der Waals surface area contributed by atoms with Crippen LogP contribution in [0.25, 0.3) is 22.4 Å². The fraction of sp³-hybridized carbons (Fsp3) is 0.429. The normalized spacial score (nSPS) is 20.9. The number of anilines is 1. The van der Waals surface area contributed by atoms with Crippen molar-refractivity contribution < 1.29 is 22.7 Å². The molecule has 2 bridgehead atoms. The van der Waals surface area contributed by atoms with Gasteiger partial charge in [0.25, 0.3) is 0 Å². The molecule has 0 amide bonds. The van der Waals surface area contributed by atoms with Gasteiger partial charge in [-0.05, 0) is 43.5 Å². The molecule has 0 saturated carbocycles. The van der Waals surface area contributed by atoms with Crippen LogP contribution < -0.4 is 4.90 Å². The third-order valence-corrected chi connectivity index (χ3v) is 5.83. The summed E-state index contributed by atoms with van der Waals surface area (Å²) in [6.45, 7) is -0.145. The number of carbonyl (C=O) groups excluding carboxylic acids is 1. The number of hydrogen-bond donors (Lipinski definition) is 0. The third-order valence-electron chi connectivity index (χ3n) is 5.83. The molecular weight excluding hydrogens is 425 g/mol. The predicted octanol–water partition coefficient (Wildman–Crippen LogP) is 3.78. The van der Waals surface area contributed by atoms with Crippen molar-refractivity contribution in [1.82, 2.24) is 19.7 Å². The van der Waals surface area contributed by atoms with Gasteiger partial charge < -0.3 is 9.64 Å². The number of aliphatic imine (C=N–C) groups is 1. The number of halogens is 3. The number of fused-ring (bicyclic) bond motifs is 3. The Hall–Kier alpha value is -3.30. The van der Waals surface area contributed by atoms with E-state index >= 15 is 0 Å². The molecule has 32 heavy (non-hydrogen) atoms. The van der Waals surface area contributed by atoms with Crippen LogP contribution >= 0.6 is 0 Å². The smallest absolute Gasteiger partial charge is 0.377 e. The fourth-order valence-corrected chi connectivity index (χ4v) is 4.47. The van der Waals surface area contributed by atoms with Crippen molar-refractivity contribution in [3.8, 4) is 11.4 Å². The minimum atomic E-state index is -4.44. The molecule has 4 heterocycles. The number of ether oxygens (including phenoxy) is 1. The lowest BCUT2D eigenvalue weighted by Gasteiger charge is -2.46. The van der Waals surface area contributed by atoms with E-state index in [-0.39, 0.29) is 23.6 Å². The maximum Gasteiger partial charge on any atom is 0.408 e. The van der Waals surface area contributed by atoms with E-state index in [4.69, 9.17) is 9.72 Å². The second kappa shape index (κ2) is 7.99. The van der Waals surface area contributed by atoms with E-state index in [0.717, 1.165) is 23.9 Å². The van der Waals surface area contributed by atoms with Gasteiger partial charge in [-0.3, -0.25) is 0 Å². The van der Waals surface area contributed by atoms with Gasteiger partial charge in [-0.25, -0.2) is 19.4 Å². The Labute approximate surface area is 180 Å². The molecule has 2 atom stereocenters. The number of aromatic nitrogens is 4. The van der Waals surface area contributed by atoms with E-state index in [9.17, 15) is 18.0 Å². The Morgan fingerprint density at radius 3 is 2.50 bits per heavy atom.